The molecule has 10 rings (SSSR count). The summed E-state index contributed by atoms with van der Waals surface area (Å²) in [6.07, 6.45) is 0. The Morgan fingerprint density at radius 1 is 0.383 bits per heavy atom. The Hall–Kier alpha value is -5.86. The maximum atomic E-state index is 2.50. The summed E-state index contributed by atoms with van der Waals surface area (Å²) in [7, 11) is 0. The SMILES string of the molecule is CC1(C)c2ccccc2-c2ccc(-n3c4ccccc4c4cccc(-c5ccc6c7ccccc7n(-c7ccccc7)c6c5)c43)cc21. The van der Waals surface area contributed by atoms with Crippen LogP contribution in [0, 0.1) is 0 Å². The molecule has 0 saturated carbocycles. The number of hydrogen-bond acceptors (Lipinski definition) is 0. The number of rotatable bonds is 3. The van der Waals surface area contributed by atoms with Gasteiger partial charge in [0.1, 0.15) is 0 Å². The molecule has 0 amide bonds. The second kappa shape index (κ2) is 9.57. The van der Waals surface area contributed by atoms with Gasteiger partial charge in [-0.05, 0) is 70.3 Å². The fourth-order valence-electron chi connectivity index (χ4n) is 8.34. The Balaban J connectivity index is 1.26. The van der Waals surface area contributed by atoms with Crippen molar-refractivity contribution in [3.8, 4) is 33.6 Å². The molecule has 0 aliphatic heterocycles. The largest absolute Gasteiger partial charge is 0.309 e. The van der Waals surface area contributed by atoms with Gasteiger partial charge in [-0.15, -0.1) is 0 Å². The molecule has 7 aromatic carbocycles. The fourth-order valence-corrected chi connectivity index (χ4v) is 8.34. The zero-order valence-electron chi connectivity index (χ0n) is 26.4. The lowest BCUT2D eigenvalue weighted by Gasteiger charge is -2.22. The van der Waals surface area contributed by atoms with E-state index in [4.69, 9.17) is 0 Å². The maximum absolute atomic E-state index is 2.50. The van der Waals surface area contributed by atoms with Gasteiger partial charge in [0.25, 0.3) is 0 Å². The fraction of sp³-hybridized carbons (Fsp3) is 0.0667. The molecular formula is C45H32N2. The average molecular weight is 601 g/mol. The highest BCUT2D eigenvalue weighted by Crippen LogP contribution is 2.50. The molecule has 2 heteroatoms. The van der Waals surface area contributed by atoms with E-state index >= 15 is 0 Å². The minimum absolute atomic E-state index is 0.0700. The van der Waals surface area contributed by atoms with Gasteiger partial charge in [-0.3, -0.25) is 0 Å². The number of aromatic nitrogens is 2. The Labute approximate surface area is 273 Å². The van der Waals surface area contributed by atoms with Crippen LogP contribution in [0.1, 0.15) is 25.0 Å². The monoisotopic (exact) mass is 600 g/mol. The van der Waals surface area contributed by atoms with Crippen molar-refractivity contribution in [2.24, 2.45) is 0 Å². The topological polar surface area (TPSA) is 9.86 Å². The van der Waals surface area contributed by atoms with E-state index < -0.39 is 0 Å². The number of nitrogens with zero attached hydrogens (tertiary/aromatic N) is 2. The second-order valence-electron chi connectivity index (χ2n) is 13.4. The summed E-state index contributed by atoms with van der Waals surface area (Å²) in [5, 5.41) is 5.07. The van der Waals surface area contributed by atoms with Crippen LogP contribution in [-0.2, 0) is 5.41 Å². The van der Waals surface area contributed by atoms with Crippen LogP contribution in [0.15, 0.2) is 158 Å². The quantitative estimate of drug-likeness (QED) is 0.191. The lowest BCUT2D eigenvalue weighted by Crippen LogP contribution is -2.15. The third kappa shape index (κ3) is 3.61. The molecule has 222 valence electrons. The van der Waals surface area contributed by atoms with Gasteiger partial charge >= 0.3 is 0 Å². The molecule has 1 aliphatic carbocycles. The van der Waals surface area contributed by atoms with Gasteiger partial charge in [0, 0.05) is 43.9 Å². The first-order valence-electron chi connectivity index (χ1n) is 16.5. The highest BCUT2D eigenvalue weighted by Gasteiger charge is 2.35. The molecule has 0 radical (unpaired) electrons. The van der Waals surface area contributed by atoms with Gasteiger partial charge in [-0.25, -0.2) is 0 Å². The number of para-hydroxylation sites is 4. The third-order valence-corrected chi connectivity index (χ3v) is 10.5. The second-order valence-corrected chi connectivity index (χ2v) is 13.4. The standard InChI is InChI=1S/C45H32N2/c1-45(2)39-20-9-6-15-33(39)34-26-24-31(28-40(34)45)47-42-22-11-8-17-36(42)38-19-12-18-32(44(38)47)29-23-25-37-35-16-7-10-21-41(35)46(43(37)27-29)30-13-4-3-5-14-30/h3-28H,1-2H3. The van der Waals surface area contributed by atoms with Crippen LogP contribution in [0.4, 0.5) is 0 Å². The Morgan fingerprint density at radius 3 is 1.83 bits per heavy atom. The smallest absolute Gasteiger partial charge is 0.0619 e. The molecule has 1 aliphatic rings. The van der Waals surface area contributed by atoms with E-state index in [0.29, 0.717) is 0 Å². The van der Waals surface area contributed by atoms with Gasteiger partial charge < -0.3 is 9.13 Å². The minimum atomic E-state index is -0.0700. The number of hydrogen-bond donors (Lipinski definition) is 0. The van der Waals surface area contributed by atoms with E-state index in [0.717, 1.165) is 0 Å². The molecule has 0 fully saturated rings. The van der Waals surface area contributed by atoms with E-state index in [1.165, 1.54) is 88.4 Å². The van der Waals surface area contributed by atoms with E-state index in [1.807, 2.05) is 0 Å². The van der Waals surface area contributed by atoms with Crippen molar-refractivity contribution in [3.05, 3.63) is 169 Å². The van der Waals surface area contributed by atoms with E-state index in [9.17, 15) is 0 Å². The zero-order chi connectivity index (χ0) is 31.3. The van der Waals surface area contributed by atoms with Crippen molar-refractivity contribution in [1.82, 2.24) is 9.13 Å². The van der Waals surface area contributed by atoms with Gasteiger partial charge in [0.15, 0.2) is 0 Å². The summed E-state index contributed by atoms with van der Waals surface area (Å²) >= 11 is 0. The van der Waals surface area contributed by atoms with E-state index in [1.54, 1.807) is 0 Å². The molecule has 2 nitrogen and oxygen atoms in total. The molecule has 0 atom stereocenters. The maximum Gasteiger partial charge on any atom is 0.0619 e. The summed E-state index contributed by atoms with van der Waals surface area (Å²) in [5.41, 5.74) is 15.1. The predicted octanol–water partition coefficient (Wildman–Crippen LogP) is 11.9. The summed E-state index contributed by atoms with van der Waals surface area (Å²) in [6, 6.07) is 58.1. The first-order valence-corrected chi connectivity index (χ1v) is 16.5. The van der Waals surface area contributed by atoms with Crippen LogP contribution in [0.3, 0.4) is 0 Å². The van der Waals surface area contributed by atoms with Crippen LogP contribution in [0.25, 0.3) is 77.2 Å². The van der Waals surface area contributed by atoms with Gasteiger partial charge in [-0.2, -0.15) is 0 Å². The minimum Gasteiger partial charge on any atom is -0.309 e. The number of benzene rings is 7. The molecule has 0 unspecified atom stereocenters. The van der Waals surface area contributed by atoms with Crippen molar-refractivity contribution >= 4 is 43.6 Å². The Bertz CT molecular complexity index is 2700. The molecule has 0 N–H and O–H groups in total. The van der Waals surface area contributed by atoms with Crippen molar-refractivity contribution in [1.29, 1.82) is 0 Å². The molecule has 47 heavy (non-hydrogen) atoms. The number of fused-ring (bicyclic) bond motifs is 9. The first-order chi connectivity index (χ1) is 23.1. The molecule has 2 aromatic heterocycles. The van der Waals surface area contributed by atoms with Crippen LogP contribution in [-0.4, -0.2) is 9.13 Å². The Morgan fingerprint density at radius 2 is 1.00 bits per heavy atom. The lowest BCUT2D eigenvalue weighted by molar-refractivity contribution is 0.660. The van der Waals surface area contributed by atoms with Crippen LogP contribution >= 0.6 is 0 Å². The molecule has 0 spiro atoms. The summed E-state index contributed by atoms with van der Waals surface area (Å²) in [6.45, 7) is 4.72. The van der Waals surface area contributed by atoms with Crippen molar-refractivity contribution in [2.75, 3.05) is 0 Å². The van der Waals surface area contributed by atoms with Crippen molar-refractivity contribution in [3.63, 3.8) is 0 Å². The van der Waals surface area contributed by atoms with Gasteiger partial charge in [0.2, 0.25) is 0 Å². The predicted molar refractivity (Wildman–Crippen MR) is 198 cm³/mol. The zero-order valence-corrected chi connectivity index (χ0v) is 26.4. The summed E-state index contributed by atoms with van der Waals surface area (Å²) in [5.74, 6) is 0. The van der Waals surface area contributed by atoms with Crippen molar-refractivity contribution in [2.45, 2.75) is 19.3 Å². The molecular weight excluding hydrogens is 569 g/mol. The molecule has 0 bridgehead atoms. The normalized spacial score (nSPS) is 13.5. The van der Waals surface area contributed by atoms with Crippen LogP contribution < -0.4 is 0 Å². The molecule has 0 saturated heterocycles. The lowest BCUT2D eigenvalue weighted by atomic mass is 9.82. The Kier molecular flexibility index (Phi) is 5.37. The molecule has 9 aromatic rings. The molecule has 2 heterocycles. The van der Waals surface area contributed by atoms with E-state index in [-0.39, 0.29) is 5.41 Å². The summed E-state index contributed by atoms with van der Waals surface area (Å²) < 4.78 is 4.90. The third-order valence-electron chi connectivity index (χ3n) is 10.5. The van der Waals surface area contributed by atoms with Crippen LogP contribution in [0.5, 0.6) is 0 Å². The summed E-state index contributed by atoms with van der Waals surface area (Å²) in [4.78, 5) is 0. The van der Waals surface area contributed by atoms with Crippen molar-refractivity contribution < 1.29 is 0 Å². The van der Waals surface area contributed by atoms with Gasteiger partial charge in [-0.1, -0.05) is 129 Å². The highest BCUT2D eigenvalue weighted by molar-refractivity contribution is 6.15. The first kappa shape index (κ1) is 26.4. The highest BCUT2D eigenvalue weighted by atomic mass is 15.0. The van der Waals surface area contributed by atoms with Crippen LogP contribution in [0.2, 0.25) is 0 Å². The van der Waals surface area contributed by atoms with E-state index in [2.05, 4.69) is 181 Å². The average Bonchev–Trinajstić information content (AvgIpc) is 3.72. The van der Waals surface area contributed by atoms with Gasteiger partial charge in [0.05, 0.1) is 22.1 Å².